The molecule has 1 saturated carbocycles. The van der Waals surface area contributed by atoms with Gasteiger partial charge in [-0.05, 0) is 26.2 Å². The van der Waals surface area contributed by atoms with Crippen LogP contribution in [0.2, 0.25) is 0 Å². The molecule has 0 radical (unpaired) electrons. The number of halogens is 1. The maximum Gasteiger partial charge on any atom is 0.226 e. The summed E-state index contributed by atoms with van der Waals surface area (Å²) in [5.74, 6) is 0.686. The van der Waals surface area contributed by atoms with E-state index >= 15 is 0 Å². The number of nitrogens with one attached hydrogen (secondary N) is 1. The molecule has 0 bridgehead atoms. The van der Waals surface area contributed by atoms with E-state index in [9.17, 15) is 4.79 Å². The van der Waals surface area contributed by atoms with E-state index in [1.807, 2.05) is 6.92 Å². The highest BCUT2D eigenvalue weighted by molar-refractivity contribution is 6.18. The van der Waals surface area contributed by atoms with Crippen molar-refractivity contribution in [2.75, 3.05) is 12.5 Å². The van der Waals surface area contributed by atoms with Gasteiger partial charge >= 0.3 is 0 Å². The molecule has 0 spiro atoms. The molecule has 0 aromatic heterocycles. The van der Waals surface area contributed by atoms with E-state index in [1.165, 1.54) is 19.3 Å². The Morgan fingerprint density at radius 2 is 2.12 bits per heavy atom. The van der Waals surface area contributed by atoms with E-state index in [1.54, 1.807) is 0 Å². The van der Waals surface area contributed by atoms with Crippen LogP contribution >= 0.6 is 11.6 Å². The smallest absolute Gasteiger partial charge is 0.226 e. The highest BCUT2D eigenvalue weighted by Gasteiger charge is 2.36. The van der Waals surface area contributed by atoms with Gasteiger partial charge in [0.25, 0.3) is 0 Å². The third kappa shape index (κ3) is 3.14. The van der Waals surface area contributed by atoms with Gasteiger partial charge in [-0.3, -0.25) is 4.79 Å². The maximum atomic E-state index is 12.2. The quantitative estimate of drug-likeness (QED) is 0.791. The molecule has 2 fully saturated rings. The number of ether oxygens (including phenoxy) is 1. The monoisotopic (exact) mass is 259 g/mol. The molecule has 2 rings (SSSR count). The van der Waals surface area contributed by atoms with Crippen LogP contribution in [-0.2, 0) is 9.53 Å². The summed E-state index contributed by atoms with van der Waals surface area (Å²) in [6.45, 7) is 2.58. The number of alkyl halides is 1. The van der Waals surface area contributed by atoms with Crippen molar-refractivity contribution in [3.05, 3.63) is 0 Å². The van der Waals surface area contributed by atoms with Gasteiger partial charge in [-0.1, -0.05) is 19.3 Å². The molecule has 1 aliphatic heterocycles. The predicted octanol–water partition coefficient (Wildman–Crippen LogP) is 2.47. The average molecular weight is 260 g/mol. The number of amides is 1. The summed E-state index contributed by atoms with van der Waals surface area (Å²) in [4.78, 5) is 12.2. The number of carbonyl (C=O) groups is 1. The molecule has 1 amide bonds. The first kappa shape index (κ1) is 13.2. The molecular formula is C13H22ClNO2. The van der Waals surface area contributed by atoms with Crippen LogP contribution in [0.4, 0.5) is 0 Å². The first-order valence-corrected chi connectivity index (χ1v) is 7.18. The van der Waals surface area contributed by atoms with Gasteiger partial charge < -0.3 is 10.1 Å². The maximum absolute atomic E-state index is 12.2. The van der Waals surface area contributed by atoms with Crippen molar-refractivity contribution in [2.24, 2.45) is 5.92 Å². The summed E-state index contributed by atoms with van der Waals surface area (Å²) >= 11 is 6.07. The molecule has 1 saturated heterocycles. The fraction of sp³-hybridized carbons (Fsp3) is 0.923. The summed E-state index contributed by atoms with van der Waals surface area (Å²) < 4.78 is 5.45. The standard InChI is InChI=1S/C13H22ClNO2/c1-10-7-11(8-17-10)12(16)15-13(9-14)5-3-2-4-6-13/h10-11H,2-9H2,1H3,(H,15,16). The molecular weight excluding hydrogens is 238 g/mol. The van der Waals surface area contributed by atoms with Crippen LogP contribution in [0.25, 0.3) is 0 Å². The fourth-order valence-electron chi connectivity index (χ4n) is 2.88. The van der Waals surface area contributed by atoms with E-state index in [0.29, 0.717) is 12.5 Å². The van der Waals surface area contributed by atoms with Crippen LogP contribution in [0.15, 0.2) is 0 Å². The normalized spacial score (nSPS) is 32.4. The van der Waals surface area contributed by atoms with Gasteiger partial charge in [-0.25, -0.2) is 0 Å². The molecule has 3 nitrogen and oxygen atoms in total. The lowest BCUT2D eigenvalue weighted by atomic mass is 9.82. The van der Waals surface area contributed by atoms with Crippen molar-refractivity contribution in [3.8, 4) is 0 Å². The Kier molecular flexibility index (Phi) is 4.31. The van der Waals surface area contributed by atoms with Crippen LogP contribution < -0.4 is 5.32 Å². The number of rotatable bonds is 3. The van der Waals surface area contributed by atoms with Crippen LogP contribution in [-0.4, -0.2) is 30.0 Å². The van der Waals surface area contributed by atoms with Crippen LogP contribution in [0.3, 0.4) is 0 Å². The molecule has 1 N–H and O–H groups in total. The number of hydrogen-bond donors (Lipinski definition) is 1. The molecule has 4 heteroatoms. The lowest BCUT2D eigenvalue weighted by molar-refractivity contribution is -0.127. The Hall–Kier alpha value is -0.280. The zero-order valence-corrected chi connectivity index (χ0v) is 11.3. The second-order valence-corrected chi connectivity index (χ2v) is 5.81. The first-order chi connectivity index (χ1) is 8.15. The molecule has 0 aromatic rings. The molecule has 2 atom stereocenters. The lowest BCUT2D eigenvalue weighted by Gasteiger charge is -2.37. The second-order valence-electron chi connectivity index (χ2n) is 5.54. The summed E-state index contributed by atoms with van der Waals surface area (Å²) in [5, 5.41) is 3.19. The Morgan fingerprint density at radius 1 is 1.41 bits per heavy atom. The van der Waals surface area contributed by atoms with Crippen molar-refractivity contribution in [2.45, 2.75) is 57.1 Å². The van der Waals surface area contributed by atoms with E-state index in [0.717, 1.165) is 19.3 Å². The topological polar surface area (TPSA) is 38.3 Å². The summed E-state index contributed by atoms with van der Waals surface area (Å²) in [6.07, 6.45) is 6.69. The Balaban J connectivity index is 1.91. The number of carbonyl (C=O) groups excluding carboxylic acids is 1. The van der Waals surface area contributed by atoms with Crippen molar-refractivity contribution in [3.63, 3.8) is 0 Å². The number of hydrogen-bond acceptors (Lipinski definition) is 2. The van der Waals surface area contributed by atoms with Crippen molar-refractivity contribution >= 4 is 17.5 Å². The Bertz CT molecular complexity index is 277. The summed E-state index contributed by atoms with van der Waals surface area (Å²) in [7, 11) is 0. The van der Waals surface area contributed by atoms with Crippen molar-refractivity contribution in [1.82, 2.24) is 5.32 Å². The summed E-state index contributed by atoms with van der Waals surface area (Å²) in [5.41, 5.74) is -0.150. The molecule has 1 aliphatic carbocycles. The highest BCUT2D eigenvalue weighted by Crippen LogP contribution is 2.30. The van der Waals surface area contributed by atoms with E-state index in [2.05, 4.69) is 5.32 Å². The van der Waals surface area contributed by atoms with Gasteiger partial charge in [0.2, 0.25) is 5.91 Å². The van der Waals surface area contributed by atoms with Gasteiger partial charge in [0.1, 0.15) is 0 Å². The Labute approximate surface area is 108 Å². The minimum Gasteiger partial charge on any atom is -0.378 e. The third-order valence-corrected chi connectivity index (χ3v) is 4.54. The minimum atomic E-state index is -0.150. The molecule has 98 valence electrons. The molecule has 0 aromatic carbocycles. The summed E-state index contributed by atoms with van der Waals surface area (Å²) in [6, 6.07) is 0. The molecule has 1 heterocycles. The SMILES string of the molecule is CC1CC(C(=O)NC2(CCl)CCCCC2)CO1. The van der Waals surface area contributed by atoms with E-state index < -0.39 is 0 Å². The zero-order valence-electron chi connectivity index (χ0n) is 10.5. The third-order valence-electron chi connectivity index (χ3n) is 4.02. The van der Waals surface area contributed by atoms with E-state index in [4.69, 9.17) is 16.3 Å². The fourth-order valence-corrected chi connectivity index (χ4v) is 3.22. The average Bonchev–Trinajstić information content (AvgIpc) is 2.77. The largest absolute Gasteiger partial charge is 0.378 e. The molecule has 17 heavy (non-hydrogen) atoms. The zero-order chi connectivity index (χ0) is 12.3. The first-order valence-electron chi connectivity index (χ1n) is 6.65. The van der Waals surface area contributed by atoms with Crippen molar-refractivity contribution in [1.29, 1.82) is 0 Å². The van der Waals surface area contributed by atoms with Gasteiger partial charge in [0.05, 0.1) is 24.2 Å². The van der Waals surface area contributed by atoms with Crippen LogP contribution in [0, 0.1) is 5.92 Å². The molecule has 2 aliphatic rings. The molecule has 2 unspecified atom stereocenters. The minimum absolute atomic E-state index is 0.0204. The van der Waals surface area contributed by atoms with Crippen molar-refractivity contribution < 1.29 is 9.53 Å². The van der Waals surface area contributed by atoms with Crippen LogP contribution in [0.5, 0.6) is 0 Å². The van der Waals surface area contributed by atoms with Crippen LogP contribution in [0.1, 0.15) is 45.4 Å². The highest BCUT2D eigenvalue weighted by atomic mass is 35.5. The van der Waals surface area contributed by atoms with Gasteiger partial charge in [0, 0.05) is 5.88 Å². The van der Waals surface area contributed by atoms with Gasteiger partial charge in [0.15, 0.2) is 0 Å². The predicted molar refractivity (Wildman–Crippen MR) is 68.2 cm³/mol. The Morgan fingerprint density at radius 3 is 2.65 bits per heavy atom. The second kappa shape index (κ2) is 5.57. The van der Waals surface area contributed by atoms with E-state index in [-0.39, 0.29) is 23.5 Å². The van der Waals surface area contributed by atoms with Gasteiger partial charge in [-0.2, -0.15) is 0 Å². The lowest BCUT2D eigenvalue weighted by Crippen LogP contribution is -2.53. The van der Waals surface area contributed by atoms with Gasteiger partial charge in [-0.15, -0.1) is 11.6 Å².